The maximum absolute atomic E-state index is 12.7. The Morgan fingerprint density at radius 1 is 1.05 bits per heavy atom. The van der Waals surface area contributed by atoms with E-state index in [0.29, 0.717) is 35.5 Å². The molecular weight excluding hydrogens is 476 g/mol. The number of aromatic nitrogens is 3. The molecule has 0 aliphatic heterocycles. The fraction of sp³-hybridized carbons (Fsp3) is 0.290. The van der Waals surface area contributed by atoms with Crippen molar-refractivity contribution >= 4 is 28.7 Å². The molecule has 1 aromatic heterocycles. The molecule has 188 valence electrons. The first-order chi connectivity index (χ1) is 17.9. The standard InChI is InChI=1S/C31H32N4OS/c1-4-22-7-5-6-21(3)30(22)33-29(37)18-27(36)16-25-17-28(25)23-10-12-24(13-11-23)31-32-19-35(34-31)26-14-8-20(2)9-15-26/h5-15,19,25,28H,4,16-18H2,1-3H3,(H,33,37). The molecule has 2 unspecified atom stereocenters. The van der Waals surface area contributed by atoms with Crippen LogP contribution in [0.5, 0.6) is 0 Å². The third kappa shape index (κ3) is 5.86. The molecule has 0 amide bonds. The van der Waals surface area contributed by atoms with Gasteiger partial charge in [-0.2, -0.15) is 0 Å². The molecule has 0 radical (unpaired) electrons. The van der Waals surface area contributed by atoms with Crippen LogP contribution in [0.3, 0.4) is 0 Å². The molecular formula is C31H32N4OS. The van der Waals surface area contributed by atoms with E-state index in [9.17, 15) is 4.79 Å². The number of carbonyl (C=O) groups excluding carboxylic acids is 1. The van der Waals surface area contributed by atoms with E-state index in [1.54, 1.807) is 11.0 Å². The highest BCUT2D eigenvalue weighted by atomic mass is 32.1. The molecule has 1 aliphatic carbocycles. The smallest absolute Gasteiger partial charge is 0.181 e. The van der Waals surface area contributed by atoms with Crippen molar-refractivity contribution in [1.29, 1.82) is 0 Å². The monoisotopic (exact) mass is 508 g/mol. The lowest BCUT2D eigenvalue weighted by atomic mass is 10.0. The quantitative estimate of drug-likeness (QED) is 0.247. The summed E-state index contributed by atoms with van der Waals surface area (Å²) in [6.45, 7) is 6.26. The third-order valence-corrected chi connectivity index (χ3v) is 7.41. The van der Waals surface area contributed by atoms with E-state index in [0.717, 1.165) is 35.3 Å². The topological polar surface area (TPSA) is 59.8 Å². The third-order valence-electron chi connectivity index (χ3n) is 7.16. The van der Waals surface area contributed by atoms with E-state index in [2.05, 4.69) is 90.8 Å². The van der Waals surface area contributed by atoms with Crippen molar-refractivity contribution in [2.75, 3.05) is 5.32 Å². The minimum Gasteiger partial charge on any atom is -0.349 e. The van der Waals surface area contributed by atoms with Crippen LogP contribution in [0.15, 0.2) is 73.1 Å². The van der Waals surface area contributed by atoms with Crippen molar-refractivity contribution in [3.8, 4) is 17.1 Å². The minimum atomic E-state index is 0.207. The zero-order valence-electron chi connectivity index (χ0n) is 21.6. The number of carbonyl (C=O) groups is 1. The minimum absolute atomic E-state index is 0.207. The van der Waals surface area contributed by atoms with Gasteiger partial charge in [0.2, 0.25) is 0 Å². The van der Waals surface area contributed by atoms with Crippen molar-refractivity contribution in [2.45, 2.75) is 52.4 Å². The molecule has 4 aromatic rings. The zero-order chi connectivity index (χ0) is 25.9. The van der Waals surface area contributed by atoms with Gasteiger partial charge < -0.3 is 5.32 Å². The first-order valence-corrected chi connectivity index (χ1v) is 13.3. The van der Waals surface area contributed by atoms with Gasteiger partial charge in [-0.15, -0.1) is 5.10 Å². The largest absolute Gasteiger partial charge is 0.349 e. The predicted molar refractivity (Wildman–Crippen MR) is 153 cm³/mol. The van der Waals surface area contributed by atoms with Crippen molar-refractivity contribution in [3.63, 3.8) is 0 Å². The van der Waals surface area contributed by atoms with Gasteiger partial charge in [0, 0.05) is 17.7 Å². The Labute approximate surface area is 224 Å². The predicted octanol–water partition coefficient (Wildman–Crippen LogP) is 7.01. The Morgan fingerprint density at radius 2 is 1.81 bits per heavy atom. The molecule has 5 nitrogen and oxygen atoms in total. The highest BCUT2D eigenvalue weighted by molar-refractivity contribution is 7.80. The maximum Gasteiger partial charge on any atom is 0.181 e. The first kappa shape index (κ1) is 25.0. The van der Waals surface area contributed by atoms with Gasteiger partial charge in [-0.05, 0) is 67.3 Å². The number of thiocarbonyl (C=S) groups is 1. The van der Waals surface area contributed by atoms with Crippen LogP contribution in [-0.4, -0.2) is 25.5 Å². The fourth-order valence-corrected chi connectivity index (χ4v) is 5.17. The molecule has 6 heteroatoms. The average molecular weight is 509 g/mol. The van der Waals surface area contributed by atoms with E-state index in [1.165, 1.54) is 16.7 Å². The lowest BCUT2D eigenvalue weighted by Gasteiger charge is -2.14. The molecule has 0 bridgehead atoms. The number of aryl methyl sites for hydroxylation is 3. The number of benzene rings is 3. The van der Waals surface area contributed by atoms with Crippen LogP contribution in [0.2, 0.25) is 0 Å². The van der Waals surface area contributed by atoms with Crippen molar-refractivity contribution in [1.82, 2.24) is 14.8 Å². The number of hydrogen-bond donors (Lipinski definition) is 1. The Morgan fingerprint density at radius 3 is 2.54 bits per heavy atom. The summed E-state index contributed by atoms with van der Waals surface area (Å²) in [6, 6.07) is 22.9. The van der Waals surface area contributed by atoms with Gasteiger partial charge in [0.15, 0.2) is 5.82 Å². The highest BCUT2D eigenvalue weighted by Gasteiger charge is 2.39. The van der Waals surface area contributed by atoms with Gasteiger partial charge in [-0.1, -0.05) is 79.3 Å². The molecule has 0 saturated heterocycles. The molecule has 0 spiro atoms. The van der Waals surface area contributed by atoms with Gasteiger partial charge in [0.05, 0.1) is 17.1 Å². The van der Waals surface area contributed by atoms with Crippen molar-refractivity contribution in [3.05, 3.63) is 95.3 Å². The number of anilines is 1. The van der Waals surface area contributed by atoms with Crippen LogP contribution in [0.25, 0.3) is 17.1 Å². The van der Waals surface area contributed by atoms with Gasteiger partial charge in [-0.25, -0.2) is 9.67 Å². The Hall–Kier alpha value is -3.64. The van der Waals surface area contributed by atoms with Gasteiger partial charge >= 0.3 is 0 Å². The number of rotatable bonds is 9. The molecule has 1 heterocycles. The van der Waals surface area contributed by atoms with Crippen LogP contribution in [0, 0.1) is 19.8 Å². The molecule has 1 aliphatic rings. The van der Waals surface area contributed by atoms with Gasteiger partial charge in [0.1, 0.15) is 12.1 Å². The summed E-state index contributed by atoms with van der Waals surface area (Å²) in [7, 11) is 0. The van der Waals surface area contributed by atoms with Crippen molar-refractivity contribution < 1.29 is 4.79 Å². The zero-order valence-corrected chi connectivity index (χ0v) is 22.4. The Bertz CT molecular complexity index is 1420. The number of ketones is 1. The summed E-state index contributed by atoms with van der Waals surface area (Å²) in [5.74, 6) is 1.74. The summed E-state index contributed by atoms with van der Waals surface area (Å²) in [5.41, 5.74) is 7.88. The second-order valence-electron chi connectivity index (χ2n) is 10.0. The molecule has 1 N–H and O–H groups in total. The van der Waals surface area contributed by atoms with Crippen LogP contribution < -0.4 is 5.32 Å². The molecule has 5 rings (SSSR count). The number of Topliss-reactive ketones (excluding diaryl/α,β-unsaturated/α-hetero) is 1. The lowest BCUT2D eigenvalue weighted by Crippen LogP contribution is -2.16. The molecule has 1 fully saturated rings. The number of hydrogen-bond acceptors (Lipinski definition) is 4. The molecule has 3 aromatic carbocycles. The Kier molecular flexibility index (Phi) is 7.28. The van der Waals surface area contributed by atoms with E-state index in [1.807, 2.05) is 12.1 Å². The summed E-state index contributed by atoms with van der Waals surface area (Å²) in [4.78, 5) is 17.8. The summed E-state index contributed by atoms with van der Waals surface area (Å²) in [6.07, 6.45) is 4.59. The summed E-state index contributed by atoms with van der Waals surface area (Å²) < 4.78 is 1.80. The SMILES string of the molecule is CCc1cccc(C)c1NC(=S)CC(=O)CC1CC1c1ccc(-c2ncn(-c3ccc(C)cc3)n2)cc1. The number of nitrogens with zero attached hydrogens (tertiary/aromatic N) is 3. The van der Waals surface area contributed by atoms with E-state index < -0.39 is 0 Å². The normalized spacial score (nSPS) is 16.4. The van der Waals surface area contributed by atoms with Crippen LogP contribution >= 0.6 is 12.2 Å². The summed E-state index contributed by atoms with van der Waals surface area (Å²) in [5, 5.41) is 7.97. The van der Waals surface area contributed by atoms with E-state index in [-0.39, 0.29) is 5.78 Å². The summed E-state index contributed by atoms with van der Waals surface area (Å²) >= 11 is 5.53. The maximum atomic E-state index is 12.7. The second-order valence-corrected chi connectivity index (χ2v) is 10.5. The van der Waals surface area contributed by atoms with Crippen LogP contribution in [0.4, 0.5) is 5.69 Å². The lowest BCUT2D eigenvalue weighted by molar-refractivity contribution is -0.118. The Balaban J connectivity index is 1.14. The van der Waals surface area contributed by atoms with Crippen LogP contribution in [0.1, 0.15) is 54.4 Å². The molecule has 1 saturated carbocycles. The van der Waals surface area contributed by atoms with E-state index >= 15 is 0 Å². The number of para-hydroxylation sites is 1. The number of nitrogens with one attached hydrogen (secondary N) is 1. The fourth-order valence-electron chi connectivity index (χ4n) is 4.91. The molecule has 2 atom stereocenters. The van der Waals surface area contributed by atoms with E-state index in [4.69, 9.17) is 12.2 Å². The molecule has 37 heavy (non-hydrogen) atoms. The van der Waals surface area contributed by atoms with Crippen LogP contribution in [-0.2, 0) is 11.2 Å². The average Bonchev–Trinajstić information content (AvgIpc) is 3.47. The first-order valence-electron chi connectivity index (χ1n) is 12.9. The van der Waals surface area contributed by atoms with Gasteiger partial charge in [-0.3, -0.25) is 4.79 Å². The van der Waals surface area contributed by atoms with Crippen molar-refractivity contribution in [2.24, 2.45) is 5.92 Å². The highest BCUT2D eigenvalue weighted by Crippen LogP contribution is 2.50. The second kappa shape index (κ2) is 10.8. The van der Waals surface area contributed by atoms with Gasteiger partial charge in [0.25, 0.3) is 0 Å².